The van der Waals surface area contributed by atoms with Crippen LogP contribution in [0.1, 0.15) is 12.0 Å². The first-order valence-corrected chi connectivity index (χ1v) is 4.21. The van der Waals surface area contributed by atoms with Gasteiger partial charge in [0.05, 0.1) is 0 Å². The first-order chi connectivity index (χ1) is 6.72. The predicted molar refractivity (Wildman–Crippen MR) is 55.1 cm³/mol. The van der Waals surface area contributed by atoms with Crippen molar-refractivity contribution in [1.29, 1.82) is 0 Å². The molecule has 0 amide bonds. The van der Waals surface area contributed by atoms with Gasteiger partial charge >= 0.3 is 5.97 Å². The molecule has 0 aliphatic heterocycles. The van der Waals surface area contributed by atoms with Gasteiger partial charge in [-0.15, -0.1) is 0 Å². The molecule has 0 unspecified atom stereocenters. The van der Waals surface area contributed by atoms with E-state index in [4.69, 9.17) is 5.11 Å². The molecule has 0 aromatic heterocycles. The average Bonchev–Trinajstić information content (AvgIpc) is 2.18. The minimum absolute atomic E-state index is 0.117. The van der Waals surface area contributed by atoms with Gasteiger partial charge < -0.3 is 10.4 Å². The molecule has 0 saturated carbocycles. The van der Waals surface area contributed by atoms with Crippen LogP contribution < -0.4 is 5.32 Å². The standard InChI is InChI=1S/C11H11NO2/c1-12-10-7-5-9(6-8-10)3-2-4-11(13)14/h5-8,12H,4H2,1H3,(H,13,14). The summed E-state index contributed by atoms with van der Waals surface area (Å²) < 4.78 is 0. The summed E-state index contributed by atoms with van der Waals surface area (Å²) in [6.45, 7) is 0. The maximum atomic E-state index is 10.2. The lowest BCUT2D eigenvalue weighted by Gasteiger charge is -1.97. The molecule has 0 aliphatic rings. The first-order valence-electron chi connectivity index (χ1n) is 4.21. The van der Waals surface area contributed by atoms with Crippen LogP contribution in [0.3, 0.4) is 0 Å². The third-order valence-corrected chi connectivity index (χ3v) is 1.65. The number of benzene rings is 1. The van der Waals surface area contributed by atoms with E-state index in [9.17, 15) is 4.79 Å². The zero-order chi connectivity index (χ0) is 10.4. The van der Waals surface area contributed by atoms with Gasteiger partial charge in [-0.05, 0) is 24.3 Å². The van der Waals surface area contributed by atoms with Crippen LogP contribution >= 0.6 is 0 Å². The van der Waals surface area contributed by atoms with Gasteiger partial charge in [0.1, 0.15) is 6.42 Å². The summed E-state index contributed by atoms with van der Waals surface area (Å²) in [5, 5.41) is 11.3. The van der Waals surface area contributed by atoms with E-state index < -0.39 is 5.97 Å². The highest BCUT2D eigenvalue weighted by Crippen LogP contribution is 2.07. The van der Waals surface area contributed by atoms with Crippen LogP contribution in [0.4, 0.5) is 5.69 Å². The van der Waals surface area contributed by atoms with Crippen LogP contribution in [0.5, 0.6) is 0 Å². The predicted octanol–water partition coefficient (Wildman–Crippen LogP) is 1.55. The van der Waals surface area contributed by atoms with Crippen molar-refractivity contribution in [2.24, 2.45) is 0 Å². The largest absolute Gasteiger partial charge is 0.481 e. The van der Waals surface area contributed by atoms with Crippen LogP contribution in [0, 0.1) is 11.8 Å². The first kappa shape index (κ1) is 10.1. The van der Waals surface area contributed by atoms with Gasteiger partial charge in [0.25, 0.3) is 0 Å². The van der Waals surface area contributed by atoms with Gasteiger partial charge in [-0.2, -0.15) is 0 Å². The molecule has 0 spiro atoms. The highest BCUT2D eigenvalue weighted by Gasteiger charge is 1.90. The Labute approximate surface area is 82.8 Å². The zero-order valence-electron chi connectivity index (χ0n) is 7.87. The third kappa shape index (κ3) is 3.20. The quantitative estimate of drug-likeness (QED) is 0.694. The number of hydrogen-bond acceptors (Lipinski definition) is 2. The Bertz CT molecular complexity index is 371. The van der Waals surface area contributed by atoms with E-state index in [2.05, 4.69) is 17.2 Å². The number of carbonyl (C=O) groups is 1. The maximum absolute atomic E-state index is 10.2. The van der Waals surface area contributed by atoms with Gasteiger partial charge in [-0.25, -0.2) is 0 Å². The molecular formula is C11H11NO2. The zero-order valence-corrected chi connectivity index (χ0v) is 7.87. The summed E-state index contributed by atoms with van der Waals surface area (Å²) in [6.07, 6.45) is -0.117. The normalized spacial score (nSPS) is 8.64. The summed E-state index contributed by atoms with van der Waals surface area (Å²) in [6, 6.07) is 7.48. The molecule has 3 heteroatoms. The number of aliphatic carboxylic acids is 1. The smallest absolute Gasteiger partial charge is 0.315 e. The minimum atomic E-state index is -0.899. The maximum Gasteiger partial charge on any atom is 0.315 e. The second-order valence-electron chi connectivity index (χ2n) is 2.70. The molecule has 0 heterocycles. The van der Waals surface area contributed by atoms with Crippen LogP contribution in [-0.4, -0.2) is 18.1 Å². The van der Waals surface area contributed by atoms with E-state index in [-0.39, 0.29) is 6.42 Å². The minimum Gasteiger partial charge on any atom is -0.481 e. The van der Waals surface area contributed by atoms with E-state index in [0.717, 1.165) is 11.3 Å². The Morgan fingerprint density at radius 3 is 2.57 bits per heavy atom. The fourth-order valence-electron chi connectivity index (χ4n) is 0.942. The number of anilines is 1. The van der Waals surface area contributed by atoms with E-state index in [1.165, 1.54) is 0 Å². The number of nitrogens with one attached hydrogen (secondary N) is 1. The van der Waals surface area contributed by atoms with Crippen LogP contribution in [0.2, 0.25) is 0 Å². The number of hydrogen-bond donors (Lipinski definition) is 2. The van der Waals surface area contributed by atoms with Crippen molar-refractivity contribution in [3.63, 3.8) is 0 Å². The topological polar surface area (TPSA) is 49.3 Å². The molecule has 0 atom stereocenters. The lowest BCUT2D eigenvalue weighted by atomic mass is 10.2. The fraction of sp³-hybridized carbons (Fsp3) is 0.182. The molecule has 14 heavy (non-hydrogen) atoms. The molecule has 3 nitrogen and oxygen atoms in total. The fourth-order valence-corrected chi connectivity index (χ4v) is 0.942. The second-order valence-corrected chi connectivity index (χ2v) is 2.70. The van der Waals surface area contributed by atoms with Crippen molar-refractivity contribution in [3.05, 3.63) is 29.8 Å². The Morgan fingerprint density at radius 2 is 2.07 bits per heavy atom. The summed E-state index contributed by atoms with van der Waals surface area (Å²) >= 11 is 0. The van der Waals surface area contributed by atoms with Crippen LogP contribution in [-0.2, 0) is 4.79 Å². The highest BCUT2D eigenvalue weighted by atomic mass is 16.4. The molecule has 1 rings (SSSR count). The SMILES string of the molecule is CNc1ccc(C#CCC(=O)O)cc1. The van der Waals surface area contributed by atoms with Gasteiger partial charge in [0, 0.05) is 18.3 Å². The lowest BCUT2D eigenvalue weighted by molar-refractivity contribution is -0.135. The van der Waals surface area contributed by atoms with Crippen molar-refractivity contribution in [2.45, 2.75) is 6.42 Å². The van der Waals surface area contributed by atoms with Gasteiger partial charge in [0.2, 0.25) is 0 Å². The van der Waals surface area contributed by atoms with Crippen molar-refractivity contribution in [2.75, 3.05) is 12.4 Å². The highest BCUT2D eigenvalue weighted by molar-refractivity contribution is 5.70. The van der Waals surface area contributed by atoms with E-state index in [0.29, 0.717) is 0 Å². The van der Waals surface area contributed by atoms with Crippen molar-refractivity contribution in [3.8, 4) is 11.8 Å². The summed E-state index contributed by atoms with van der Waals surface area (Å²) in [7, 11) is 1.84. The Morgan fingerprint density at radius 1 is 1.43 bits per heavy atom. The monoisotopic (exact) mass is 189 g/mol. The summed E-state index contributed by atoms with van der Waals surface area (Å²) in [4.78, 5) is 10.2. The van der Waals surface area contributed by atoms with E-state index in [1.807, 2.05) is 31.3 Å². The van der Waals surface area contributed by atoms with Crippen LogP contribution in [0.25, 0.3) is 0 Å². The Kier molecular flexibility index (Phi) is 3.57. The molecule has 0 saturated heterocycles. The molecule has 1 aromatic rings. The van der Waals surface area contributed by atoms with E-state index in [1.54, 1.807) is 0 Å². The average molecular weight is 189 g/mol. The van der Waals surface area contributed by atoms with E-state index >= 15 is 0 Å². The Hall–Kier alpha value is -1.95. The molecule has 2 N–H and O–H groups in total. The summed E-state index contributed by atoms with van der Waals surface area (Å²) in [5.74, 6) is 4.44. The number of carboxylic acids is 1. The van der Waals surface area contributed by atoms with Gasteiger partial charge in [-0.1, -0.05) is 11.8 Å². The third-order valence-electron chi connectivity index (χ3n) is 1.65. The van der Waals surface area contributed by atoms with Crippen molar-refractivity contribution in [1.82, 2.24) is 0 Å². The molecule has 1 aromatic carbocycles. The van der Waals surface area contributed by atoms with Gasteiger partial charge in [-0.3, -0.25) is 4.79 Å². The summed E-state index contributed by atoms with van der Waals surface area (Å²) in [5.41, 5.74) is 1.83. The van der Waals surface area contributed by atoms with Crippen molar-refractivity contribution >= 4 is 11.7 Å². The van der Waals surface area contributed by atoms with Crippen molar-refractivity contribution < 1.29 is 9.90 Å². The number of rotatable bonds is 2. The molecule has 0 fully saturated rings. The second kappa shape index (κ2) is 4.93. The number of carboxylic acid groups (broad SMARTS) is 1. The molecular weight excluding hydrogens is 178 g/mol. The lowest BCUT2D eigenvalue weighted by Crippen LogP contribution is -1.90. The Balaban J connectivity index is 2.66. The molecule has 72 valence electrons. The van der Waals surface area contributed by atoms with Crippen LogP contribution in [0.15, 0.2) is 24.3 Å². The molecule has 0 bridgehead atoms. The molecule has 0 aliphatic carbocycles. The molecule has 0 radical (unpaired) electrons. The van der Waals surface area contributed by atoms with Gasteiger partial charge in [0.15, 0.2) is 0 Å².